The van der Waals surface area contributed by atoms with Crippen LogP contribution in [0.5, 0.6) is 0 Å². The van der Waals surface area contributed by atoms with E-state index >= 15 is 0 Å². The number of hydrogen-bond donors (Lipinski definition) is 2. The minimum absolute atomic E-state index is 0.715. The quantitative estimate of drug-likeness (QED) is 0.560. The molecule has 0 aliphatic carbocycles. The highest BCUT2D eigenvalue weighted by Gasteiger charge is 1.81. The molecule has 0 rings (SSSR count). The van der Waals surface area contributed by atoms with Gasteiger partial charge in [0.15, 0.2) is 0 Å². The van der Waals surface area contributed by atoms with Crippen molar-refractivity contribution < 1.29 is 25.9 Å². The van der Waals surface area contributed by atoms with E-state index < -0.39 is 20.2 Å². The fourth-order valence-corrected chi connectivity index (χ4v) is 0. The van der Waals surface area contributed by atoms with E-state index in [0.717, 1.165) is 0 Å². The molecule has 0 saturated heterocycles. The van der Waals surface area contributed by atoms with Gasteiger partial charge in [0.25, 0.3) is 20.2 Å². The van der Waals surface area contributed by atoms with Crippen molar-refractivity contribution in [2.45, 2.75) is 13.8 Å². The summed E-state index contributed by atoms with van der Waals surface area (Å²) in [6, 6.07) is 0. The maximum absolute atomic E-state index is 9.19. The van der Waals surface area contributed by atoms with Crippen molar-refractivity contribution in [3.05, 3.63) is 0 Å². The Morgan fingerprint density at radius 3 is 0.750 bits per heavy atom. The Bertz CT molecular complexity index is 214. The molecule has 0 fully saturated rings. The Labute approximate surface area is 73.1 Å². The zero-order valence-corrected chi connectivity index (χ0v) is 8.98. The van der Waals surface area contributed by atoms with Gasteiger partial charge in [0.05, 0.1) is 12.5 Å². The fourth-order valence-electron chi connectivity index (χ4n) is 0. The molecule has 6 nitrogen and oxygen atoms in total. The standard InChI is InChI=1S/C2H6.2CH4O3S/c1-2;2*1-5(2,3)4/h1-2H3;2*1H3,(H,2,3,4). The van der Waals surface area contributed by atoms with E-state index in [2.05, 4.69) is 0 Å². The topological polar surface area (TPSA) is 109 Å². The molecule has 12 heavy (non-hydrogen) atoms. The first-order valence-electron chi connectivity index (χ1n) is 2.85. The van der Waals surface area contributed by atoms with Crippen LogP contribution in [0.3, 0.4) is 0 Å². The van der Waals surface area contributed by atoms with Crippen LogP contribution in [0, 0.1) is 0 Å². The van der Waals surface area contributed by atoms with E-state index in [0.29, 0.717) is 12.5 Å². The molecule has 0 aromatic carbocycles. The van der Waals surface area contributed by atoms with Gasteiger partial charge in [0.1, 0.15) is 0 Å². The minimum atomic E-state index is -3.67. The summed E-state index contributed by atoms with van der Waals surface area (Å²) in [4.78, 5) is 0. The first-order chi connectivity index (χ1) is 5.00. The van der Waals surface area contributed by atoms with Crippen molar-refractivity contribution in [2.75, 3.05) is 12.5 Å². The lowest BCUT2D eigenvalue weighted by molar-refractivity contribution is 0.488. The van der Waals surface area contributed by atoms with Crippen LogP contribution < -0.4 is 0 Å². The minimum Gasteiger partial charge on any atom is -0.286 e. The monoisotopic (exact) mass is 222 g/mol. The first-order valence-corrected chi connectivity index (χ1v) is 6.54. The highest BCUT2D eigenvalue weighted by molar-refractivity contribution is 7.85. The largest absolute Gasteiger partial charge is 0.286 e. The lowest BCUT2D eigenvalue weighted by Crippen LogP contribution is -1.88. The van der Waals surface area contributed by atoms with Crippen molar-refractivity contribution in [3.63, 3.8) is 0 Å². The second-order valence-corrected chi connectivity index (χ2v) is 4.40. The number of hydrogen-bond acceptors (Lipinski definition) is 4. The average Bonchev–Trinajstić information content (AvgIpc) is 1.59. The van der Waals surface area contributed by atoms with Gasteiger partial charge in [-0.3, -0.25) is 9.11 Å². The fraction of sp³-hybridized carbons (Fsp3) is 1.00. The molecular weight excluding hydrogens is 208 g/mol. The smallest absolute Gasteiger partial charge is 0.261 e. The van der Waals surface area contributed by atoms with Crippen LogP contribution in [0.2, 0.25) is 0 Å². The van der Waals surface area contributed by atoms with Gasteiger partial charge < -0.3 is 0 Å². The highest BCUT2D eigenvalue weighted by atomic mass is 32.2. The van der Waals surface area contributed by atoms with E-state index in [1.807, 2.05) is 13.8 Å². The summed E-state index contributed by atoms with van der Waals surface area (Å²) in [7, 11) is -7.33. The summed E-state index contributed by atoms with van der Waals surface area (Å²) in [6.45, 7) is 4.00. The van der Waals surface area contributed by atoms with Gasteiger partial charge in [-0.15, -0.1) is 0 Å². The predicted octanol–water partition coefficient (Wildman–Crippen LogP) is 0.0342. The SMILES string of the molecule is CC.CS(=O)(=O)O.CS(=O)(=O)O. The molecule has 2 N–H and O–H groups in total. The van der Waals surface area contributed by atoms with Gasteiger partial charge in [-0.2, -0.15) is 16.8 Å². The zero-order valence-electron chi connectivity index (χ0n) is 7.34. The number of rotatable bonds is 0. The van der Waals surface area contributed by atoms with Crippen molar-refractivity contribution >= 4 is 20.2 Å². The molecule has 0 atom stereocenters. The molecule has 0 amide bonds. The average molecular weight is 222 g/mol. The van der Waals surface area contributed by atoms with Gasteiger partial charge >= 0.3 is 0 Å². The van der Waals surface area contributed by atoms with E-state index in [9.17, 15) is 16.8 Å². The van der Waals surface area contributed by atoms with Crippen LogP contribution in [-0.2, 0) is 20.2 Å². The summed E-state index contributed by atoms with van der Waals surface area (Å²) >= 11 is 0. The summed E-state index contributed by atoms with van der Waals surface area (Å²) in [5.74, 6) is 0. The summed E-state index contributed by atoms with van der Waals surface area (Å²) in [6.07, 6.45) is 1.43. The van der Waals surface area contributed by atoms with Crippen LogP contribution in [0.15, 0.2) is 0 Å². The van der Waals surface area contributed by atoms with Crippen molar-refractivity contribution in [1.29, 1.82) is 0 Å². The van der Waals surface area contributed by atoms with Crippen LogP contribution in [0.1, 0.15) is 13.8 Å². The molecule has 0 bridgehead atoms. The van der Waals surface area contributed by atoms with E-state index in [4.69, 9.17) is 9.11 Å². The van der Waals surface area contributed by atoms with Crippen molar-refractivity contribution in [3.8, 4) is 0 Å². The molecule has 78 valence electrons. The molecule has 0 heterocycles. The van der Waals surface area contributed by atoms with Crippen LogP contribution in [0.25, 0.3) is 0 Å². The Hall–Kier alpha value is -0.180. The first kappa shape index (κ1) is 17.8. The lowest BCUT2D eigenvalue weighted by Gasteiger charge is -1.69. The highest BCUT2D eigenvalue weighted by Crippen LogP contribution is 1.60. The molecule has 0 aromatic rings. The molecule has 0 aromatic heterocycles. The van der Waals surface area contributed by atoms with Gasteiger partial charge in [-0.05, 0) is 0 Å². The Morgan fingerprint density at radius 1 is 0.750 bits per heavy atom. The van der Waals surface area contributed by atoms with Gasteiger partial charge in [-0.25, -0.2) is 0 Å². The van der Waals surface area contributed by atoms with Gasteiger partial charge in [-0.1, -0.05) is 13.8 Å². The maximum Gasteiger partial charge on any atom is 0.261 e. The van der Waals surface area contributed by atoms with Crippen LogP contribution in [0.4, 0.5) is 0 Å². The normalized spacial score (nSPS) is 10.2. The van der Waals surface area contributed by atoms with E-state index in [1.165, 1.54) is 0 Å². The molecule has 0 spiro atoms. The Kier molecular flexibility index (Phi) is 11.1. The van der Waals surface area contributed by atoms with Crippen LogP contribution >= 0.6 is 0 Å². The van der Waals surface area contributed by atoms with Gasteiger partial charge in [0, 0.05) is 0 Å². The van der Waals surface area contributed by atoms with Crippen LogP contribution in [-0.4, -0.2) is 38.5 Å². The molecule has 0 saturated carbocycles. The second kappa shape index (κ2) is 7.47. The third-order valence-corrected chi connectivity index (χ3v) is 0. The molecule has 0 radical (unpaired) electrons. The van der Waals surface area contributed by atoms with Crippen molar-refractivity contribution in [2.24, 2.45) is 0 Å². The third kappa shape index (κ3) is 23600. The van der Waals surface area contributed by atoms with Gasteiger partial charge in [0.2, 0.25) is 0 Å². The summed E-state index contributed by atoms with van der Waals surface area (Å²) in [5.41, 5.74) is 0. The lowest BCUT2D eigenvalue weighted by atomic mass is 11.0. The molecule has 0 aliphatic heterocycles. The predicted molar refractivity (Wildman–Crippen MR) is 46.3 cm³/mol. The van der Waals surface area contributed by atoms with Crippen molar-refractivity contribution in [1.82, 2.24) is 0 Å². The second-order valence-electron chi connectivity index (χ2n) is 1.47. The molecule has 0 unspecified atom stereocenters. The zero-order chi connectivity index (χ0) is 11.0. The molecule has 8 heteroatoms. The third-order valence-electron chi connectivity index (χ3n) is 0. The molecule has 0 aliphatic rings. The Balaban J connectivity index is -0.000000112. The summed E-state index contributed by atoms with van der Waals surface area (Å²) < 4.78 is 51.7. The molecular formula is C4H14O6S2. The van der Waals surface area contributed by atoms with E-state index in [1.54, 1.807) is 0 Å². The summed E-state index contributed by atoms with van der Waals surface area (Å²) in [5, 5.41) is 0. The maximum atomic E-state index is 9.19. The Morgan fingerprint density at radius 2 is 0.750 bits per heavy atom. The van der Waals surface area contributed by atoms with E-state index in [-0.39, 0.29) is 0 Å².